The Morgan fingerprint density at radius 2 is 1.67 bits per heavy atom. The van der Waals surface area contributed by atoms with Crippen LogP contribution in [0.15, 0.2) is 42.7 Å². The monoisotopic (exact) mass is 833 g/mol. The van der Waals surface area contributed by atoms with Gasteiger partial charge in [-0.3, -0.25) is 29.5 Å². The van der Waals surface area contributed by atoms with Gasteiger partial charge in [-0.1, -0.05) is 68.7 Å². The molecule has 3 heterocycles. The van der Waals surface area contributed by atoms with Crippen molar-refractivity contribution in [3.05, 3.63) is 80.8 Å². The van der Waals surface area contributed by atoms with Crippen LogP contribution in [0.25, 0.3) is 0 Å². The van der Waals surface area contributed by atoms with Gasteiger partial charge in [0.05, 0.1) is 22.3 Å². The summed E-state index contributed by atoms with van der Waals surface area (Å²) in [6, 6.07) is 5.94. The van der Waals surface area contributed by atoms with Crippen molar-refractivity contribution in [1.29, 1.82) is 0 Å². The van der Waals surface area contributed by atoms with Crippen LogP contribution in [-0.4, -0.2) is 77.8 Å². The van der Waals surface area contributed by atoms with E-state index in [1.54, 1.807) is 6.07 Å². The van der Waals surface area contributed by atoms with Gasteiger partial charge in [0.1, 0.15) is 11.9 Å². The molecule has 2 aliphatic rings. The lowest BCUT2D eigenvalue weighted by Crippen LogP contribution is -2.46. The molecule has 57 heavy (non-hydrogen) atoms. The molecule has 1 atom stereocenters. The maximum Gasteiger partial charge on any atom is 0.387 e. The van der Waals surface area contributed by atoms with Crippen LogP contribution in [0, 0.1) is 5.82 Å². The van der Waals surface area contributed by atoms with E-state index in [4.69, 9.17) is 27.9 Å². The van der Waals surface area contributed by atoms with Gasteiger partial charge in [0.15, 0.2) is 11.5 Å². The molecule has 0 saturated carbocycles. The molecule has 1 fully saturated rings. The fraction of sp³-hybridized carbons (Fsp3) is 0.488. The van der Waals surface area contributed by atoms with Crippen molar-refractivity contribution in [1.82, 2.24) is 20.1 Å². The topological polar surface area (TPSA) is 130 Å². The maximum absolute atomic E-state index is 14.8. The van der Waals surface area contributed by atoms with Crippen LogP contribution in [-0.2, 0) is 16.1 Å². The van der Waals surface area contributed by atoms with Crippen molar-refractivity contribution in [2.45, 2.75) is 103 Å². The number of aromatic nitrogens is 1. The number of alkyl halides is 2. The average Bonchev–Trinajstić information content (AvgIpc) is 3.51. The fourth-order valence-electron chi connectivity index (χ4n) is 7.54. The molecule has 0 spiro atoms. The molecule has 11 nitrogen and oxygen atoms in total. The average molecular weight is 835 g/mol. The number of nitrogens with zero attached hydrogens (tertiary/aromatic N) is 3. The SMILES string of the molecule is CCCC(C(=O)NC=O)N1Cc2c(cc(F)cc2C2CCN(CCCCCCCCCOc3cc(C(=O)Nc4c(Cl)cncc4Cl)ccc3OC(F)F)CC2)C1=O. The van der Waals surface area contributed by atoms with Crippen LogP contribution in [0.1, 0.15) is 115 Å². The number of piperidine rings is 1. The number of hydrogen-bond acceptors (Lipinski definition) is 8. The summed E-state index contributed by atoms with van der Waals surface area (Å²) in [5.74, 6) is -1.97. The highest BCUT2D eigenvalue weighted by molar-refractivity contribution is 6.39. The number of benzene rings is 2. The lowest BCUT2D eigenvalue weighted by atomic mass is 9.85. The number of ether oxygens (including phenoxy) is 2. The van der Waals surface area contributed by atoms with E-state index in [0.717, 1.165) is 82.1 Å². The minimum atomic E-state index is -3.06. The Morgan fingerprint density at radius 3 is 2.33 bits per heavy atom. The lowest BCUT2D eigenvalue weighted by molar-refractivity contribution is -0.129. The molecule has 308 valence electrons. The molecule has 2 aliphatic heterocycles. The number of unbranched alkanes of at least 4 members (excludes halogenated alkanes) is 6. The summed E-state index contributed by atoms with van der Waals surface area (Å²) in [7, 11) is 0. The Hall–Kier alpha value is -4.40. The highest BCUT2D eigenvalue weighted by atomic mass is 35.5. The van der Waals surface area contributed by atoms with Crippen LogP contribution in [0.4, 0.5) is 18.9 Å². The second-order valence-corrected chi connectivity index (χ2v) is 15.1. The third-order valence-electron chi connectivity index (χ3n) is 10.4. The van der Waals surface area contributed by atoms with Gasteiger partial charge in [0, 0.05) is 30.1 Å². The lowest BCUT2D eigenvalue weighted by Gasteiger charge is -2.33. The van der Waals surface area contributed by atoms with Gasteiger partial charge >= 0.3 is 6.61 Å². The molecule has 16 heteroatoms. The molecule has 4 amide bonds. The molecular weight excluding hydrogens is 786 g/mol. The van der Waals surface area contributed by atoms with Crippen molar-refractivity contribution in [2.75, 3.05) is 31.6 Å². The predicted molar refractivity (Wildman–Crippen MR) is 211 cm³/mol. The number of nitrogens with one attached hydrogen (secondary N) is 2. The fourth-order valence-corrected chi connectivity index (χ4v) is 8.00. The van der Waals surface area contributed by atoms with E-state index < -0.39 is 30.3 Å². The van der Waals surface area contributed by atoms with Crippen molar-refractivity contribution >= 4 is 53.0 Å². The number of halogens is 5. The minimum Gasteiger partial charge on any atom is -0.490 e. The van der Waals surface area contributed by atoms with E-state index in [1.165, 1.54) is 41.6 Å². The number of imide groups is 1. The van der Waals surface area contributed by atoms with Gasteiger partial charge in [-0.15, -0.1) is 0 Å². The zero-order valence-corrected chi connectivity index (χ0v) is 33.4. The third kappa shape index (κ3) is 11.8. The number of hydrogen-bond donors (Lipinski definition) is 2. The highest BCUT2D eigenvalue weighted by Gasteiger charge is 2.39. The van der Waals surface area contributed by atoms with Crippen LogP contribution in [0.3, 0.4) is 0 Å². The first-order valence-electron chi connectivity index (χ1n) is 19.4. The van der Waals surface area contributed by atoms with Gasteiger partial charge in [0.2, 0.25) is 12.3 Å². The van der Waals surface area contributed by atoms with Crippen LogP contribution >= 0.6 is 23.2 Å². The van der Waals surface area contributed by atoms with Crippen molar-refractivity contribution in [3.8, 4) is 11.5 Å². The molecule has 2 N–H and O–H groups in total. The van der Waals surface area contributed by atoms with Gasteiger partial charge in [-0.05, 0) is 99.1 Å². The number of anilines is 1. The second-order valence-electron chi connectivity index (χ2n) is 14.3. The Bertz CT molecular complexity index is 1860. The predicted octanol–water partition coefficient (Wildman–Crippen LogP) is 8.77. The molecule has 1 unspecified atom stereocenters. The quantitative estimate of drug-likeness (QED) is 0.0806. The Kier molecular flexibility index (Phi) is 16.4. The summed E-state index contributed by atoms with van der Waals surface area (Å²) < 4.78 is 51.3. The molecule has 0 aliphatic carbocycles. The molecule has 1 aromatic heterocycles. The summed E-state index contributed by atoms with van der Waals surface area (Å²) in [6.45, 7) is 2.04. The number of carbonyl (C=O) groups excluding carboxylic acids is 4. The van der Waals surface area contributed by atoms with E-state index in [9.17, 15) is 32.3 Å². The summed E-state index contributed by atoms with van der Waals surface area (Å²) in [5, 5.41) is 5.07. The number of rotatable bonds is 21. The second kappa shape index (κ2) is 21.4. The zero-order chi connectivity index (χ0) is 40.9. The van der Waals surface area contributed by atoms with Crippen molar-refractivity contribution in [2.24, 2.45) is 0 Å². The van der Waals surface area contributed by atoms with E-state index >= 15 is 0 Å². The number of likely N-dealkylation sites (tertiary alicyclic amines) is 1. The molecule has 0 radical (unpaired) electrons. The largest absolute Gasteiger partial charge is 0.490 e. The normalized spacial score (nSPS) is 15.1. The summed E-state index contributed by atoms with van der Waals surface area (Å²) in [5.41, 5.74) is 2.25. The van der Waals surface area contributed by atoms with E-state index in [1.807, 2.05) is 6.92 Å². The Balaban J connectivity index is 0.997. The minimum absolute atomic E-state index is 0.0268. The number of pyridine rings is 1. The van der Waals surface area contributed by atoms with Crippen molar-refractivity contribution in [3.63, 3.8) is 0 Å². The summed E-state index contributed by atoms with van der Waals surface area (Å²) in [6.07, 6.45) is 12.6. The molecule has 1 saturated heterocycles. The number of fused-ring (bicyclic) bond motifs is 1. The van der Waals surface area contributed by atoms with E-state index in [-0.39, 0.29) is 57.8 Å². The highest BCUT2D eigenvalue weighted by Crippen LogP contribution is 2.38. The smallest absolute Gasteiger partial charge is 0.387 e. The zero-order valence-electron chi connectivity index (χ0n) is 31.8. The first kappa shape index (κ1) is 43.7. The van der Waals surface area contributed by atoms with Gasteiger partial charge < -0.3 is 24.6 Å². The van der Waals surface area contributed by atoms with Crippen molar-refractivity contribution < 1.29 is 41.8 Å². The molecule has 5 rings (SSSR count). The summed E-state index contributed by atoms with van der Waals surface area (Å²) in [4.78, 5) is 57.5. The van der Waals surface area contributed by atoms with E-state index in [2.05, 4.69) is 25.3 Å². The molecule has 3 aromatic rings. The summed E-state index contributed by atoms with van der Waals surface area (Å²) >= 11 is 12.2. The molecule has 0 bridgehead atoms. The van der Waals surface area contributed by atoms with Crippen LogP contribution in [0.5, 0.6) is 11.5 Å². The van der Waals surface area contributed by atoms with Gasteiger partial charge in [-0.2, -0.15) is 8.78 Å². The molecular formula is C41H48Cl2F3N5O6. The standard InChI is InChI=1S/C41H48Cl2F3N5O6/c1-2-10-34(39(54)48-25-52)51-24-31-29(20-28(44)21-30(31)40(51)55)26-13-16-50(17-14-26)15-8-6-4-3-5-7-9-18-56-36-19-27(11-12-35(36)57-41(45)46)38(53)49-37-32(42)22-47-23-33(37)43/h11-12,19-23,25-26,34,41H,2-10,13-18,24H2,1H3,(H,47,49,53)(H,48,52,54). The Labute approximate surface area is 340 Å². The van der Waals surface area contributed by atoms with Gasteiger partial charge in [0.25, 0.3) is 11.8 Å². The Morgan fingerprint density at radius 1 is 0.982 bits per heavy atom. The number of amides is 4. The third-order valence-corrected chi connectivity index (χ3v) is 11.0. The first-order valence-corrected chi connectivity index (χ1v) is 20.2. The van der Waals surface area contributed by atoms with Gasteiger partial charge in [-0.25, -0.2) is 4.39 Å². The first-order chi connectivity index (χ1) is 27.5. The number of carbonyl (C=O) groups is 4. The van der Waals surface area contributed by atoms with E-state index in [0.29, 0.717) is 31.2 Å². The van der Waals surface area contributed by atoms with Crippen LogP contribution < -0.4 is 20.1 Å². The van der Waals surface area contributed by atoms with Crippen LogP contribution in [0.2, 0.25) is 10.0 Å². The maximum atomic E-state index is 14.8. The molecule has 2 aromatic carbocycles.